The van der Waals surface area contributed by atoms with Crippen LogP contribution in [0.15, 0.2) is 18.2 Å². The standard InChI is InChI=1S/C13H16ClNO3/c1-9(16)15-8-4-5-10-6-7-11(17-2)13(18-3)12(10)14/h4-7H,8H2,1-3H3,(H,15,16). The number of carbonyl (C=O) groups excluding carboxylic acids is 1. The number of benzene rings is 1. The van der Waals surface area contributed by atoms with Gasteiger partial charge in [0, 0.05) is 13.5 Å². The van der Waals surface area contributed by atoms with E-state index in [1.807, 2.05) is 18.2 Å². The number of carbonyl (C=O) groups is 1. The van der Waals surface area contributed by atoms with Crippen LogP contribution in [0, 0.1) is 0 Å². The third-order valence-electron chi connectivity index (χ3n) is 2.28. The molecule has 0 saturated carbocycles. The molecule has 0 radical (unpaired) electrons. The molecule has 1 rings (SSSR count). The maximum absolute atomic E-state index is 10.7. The Kier molecular flexibility index (Phi) is 5.52. The fraction of sp³-hybridized carbons (Fsp3) is 0.308. The van der Waals surface area contributed by atoms with E-state index in [2.05, 4.69) is 5.32 Å². The number of halogens is 1. The molecule has 0 aliphatic carbocycles. The summed E-state index contributed by atoms with van der Waals surface area (Å²) in [5, 5.41) is 3.14. The second-order valence-electron chi connectivity index (χ2n) is 3.54. The number of methoxy groups -OCH3 is 2. The van der Waals surface area contributed by atoms with Crippen molar-refractivity contribution in [2.24, 2.45) is 0 Å². The molecule has 0 heterocycles. The van der Waals surface area contributed by atoms with Gasteiger partial charge in [0.05, 0.1) is 19.2 Å². The monoisotopic (exact) mass is 269 g/mol. The number of hydrogen-bond donors (Lipinski definition) is 1. The summed E-state index contributed by atoms with van der Waals surface area (Å²) in [6.07, 6.45) is 3.63. The average Bonchev–Trinajstić information content (AvgIpc) is 2.35. The molecule has 1 amide bonds. The van der Waals surface area contributed by atoms with Gasteiger partial charge in [-0.1, -0.05) is 23.8 Å². The van der Waals surface area contributed by atoms with Gasteiger partial charge >= 0.3 is 0 Å². The largest absolute Gasteiger partial charge is 0.493 e. The lowest BCUT2D eigenvalue weighted by atomic mass is 10.2. The Labute approximate surface area is 112 Å². The van der Waals surface area contributed by atoms with Crippen molar-refractivity contribution in [1.29, 1.82) is 0 Å². The number of hydrogen-bond acceptors (Lipinski definition) is 3. The van der Waals surface area contributed by atoms with Crippen LogP contribution in [-0.2, 0) is 4.79 Å². The highest BCUT2D eigenvalue weighted by molar-refractivity contribution is 6.33. The molecule has 1 N–H and O–H groups in total. The molecule has 4 nitrogen and oxygen atoms in total. The first-order valence-electron chi connectivity index (χ1n) is 5.41. The van der Waals surface area contributed by atoms with Crippen LogP contribution in [0.5, 0.6) is 11.5 Å². The lowest BCUT2D eigenvalue weighted by Gasteiger charge is -2.10. The van der Waals surface area contributed by atoms with Gasteiger partial charge in [0.2, 0.25) is 5.91 Å². The Balaban J connectivity index is 2.87. The molecule has 0 spiro atoms. The van der Waals surface area contributed by atoms with E-state index in [4.69, 9.17) is 21.1 Å². The highest BCUT2D eigenvalue weighted by Crippen LogP contribution is 2.37. The Bertz CT molecular complexity index is 458. The van der Waals surface area contributed by atoms with Crippen molar-refractivity contribution in [2.75, 3.05) is 20.8 Å². The second kappa shape index (κ2) is 6.91. The minimum atomic E-state index is -0.0712. The molecule has 0 unspecified atom stereocenters. The number of nitrogens with one attached hydrogen (secondary N) is 1. The van der Waals surface area contributed by atoms with Crippen LogP contribution in [0.3, 0.4) is 0 Å². The van der Waals surface area contributed by atoms with Gasteiger partial charge in [-0.05, 0) is 17.7 Å². The van der Waals surface area contributed by atoms with E-state index in [9.17, 15) is 4.79 Å². The normalized spacial score (nSPS) is 10.4. The van der Waals surface area contributed by atoms with E-state index in [-0.39, 0.29) is 5.91 Å². The molecule has 0 aliphatic rings. The molecule has 0 bridgehead atoms. The van der Waals surface area contributed by atoms with E-state index < -0.39 is 0 Å². The highest BCUT2D eigenvalue weighted by Gasteiger charge is 2.10. The summed E-state index contributed by atoms with van der Waals surface area (Å²) in [6, 6.07) is 3.61. The van der Waals surface area contributed by atoms with Gasteiger partial charge in [0.1, 0.15) is 0 Å². The van der Waals surface area contributed by atoms with Crippen LogP contribution >= 0.6 is 11.6 Å². The zero-order valence-electron chi connectivity index (χ0n) is 10.6. The fourth-order valence-corrected chi connectivity index (χ4v) is 1.72. The SMILES string of the molecule is COc1ccc(C=CCNC(C)=O)c(Cl)c1OC. The van der Waals surface area contributed by atoms with Gasteiger partial charge < -0.3 is 14.8 Å². The first kappa shape index (κ1) is 14.4. The van der Waals surface area contributed by atoms with Gasteiger partial charge in [-0.15, -0.1) is 0 Å². The van der Waals surface area contributed by atoms with Crippen LogP contribution in [-0.4, -0.2) is 26.7 Å². The third-order valence-corrected chi connectivity index (χ3v) is 2.67. The zero-order chi connectivity index (χ0) is 13.5. The van der Waals surface area contributed by atoms with Crippen LogP contribution in [0.25, 0.3) is 6.08 Å². The van der Waals surface area contributed by atoms with Crippen molar-refractivity contribution < 1.29 is 14.3 Å². The summed E-state index contributed by atoms with van der Waals surface area (Å²) in [5.41, 5.74) is 0.805. The lowest BCUT2D eigenvalue weighted by molar-refractivity contribution is -0.118. The molecule has 0 atom stereocenters. The maximum atomic E-state index is 10.7. The topological polar surface area (TPSA) is 47.6 Å². The van der Waals surface area contributed by atoms with Gasteiger partial charge in [-0.2, -0.15) is 0 Å². The van der Waals surface area contributed by atoms with Gasteiger partial charge in [0.25, 0.3) is 0 Å². The lowest BCUT2D eigenvalue weighted by Crippen LogP contribution is -2.19. The molecule has 0 aromatic heterocycles. The van der Waals surface area contributed by atoms with E-state index >= 15 is 0 Å². The Morgan fingerprint density at radius 3 is 2.67 bits per heavy atom. The number of amides is 1. The second-order valence-corrected chi connectivity index (χ2v) is 3.92. The van der Waals surface area contributed by atoms with Crippen molar-refractivity contribution in [2.45, 2.75) is 6.92 Å². The van der Waals surface area contributed by atoms with Crippen LogP contribution in [0.4, 0.5) is 0 Å². The van der Waals surface area contributed by atoms with Crippen LogP contribution in [0.1, 0.15) is 12.5 Å². The van der Waals surface area contributed by atoms with Gasteiger partial charge in [-0.25, -0.2) is 0 Å². The molecule has 1 aromatic rings. The van der Waals surface area contributed by atoms with E-state index in [0.717, 1.165) is 5.56 Å². The van der Waals surface area contributed by atoms with Crippen LogP contribution in [0.2, 0.25) is 5.02 Å². The first-order valence-corrected chi connectivity index (χ1v) is 5.79. The smallest absolute Gasteiger partial charge is 0.217 e. The predicted molar refractivity (Wildman–Crippen MR) is 72.3 cm³/mol. The minimum Gasteiger partial charge on any atom is -0.493 e. The average molecular weight is 270 g/mol. The van der Waals surface area contributed by atoms with Crippen molar-refractivity contribution in [3.05, 3.63) is 28.8 Å². The van der Waals surface area contributed by atoms with Crippen molar-refractivity contribution in [1.82, 2.24) is 5.32 Å². The number of ether oxygens (including phenoxy) is 2. The summed E-state index contributed by atoms with van der Waals surface area (Å²) in [5.74, 6) is 1.01. The minimum absolute atomic E-state index is 0.0712. The zero-order valence-corrected chi connectivity index (χ0v) is 11.4. The van der Waals surface area contributed by atoms with Gasteiger partial charge in [0.15, 0.2) is 11.5 Å². The Morgan fingerprint density at radius 1 is 1.39 bits per heavy atom. The molecular formula is C13H16ClNO3. The molecular weight excluding hydrogens is 254 g/mol. The summed E-state index contributed by atoms with van der Waals surface area (Å²) in [7, 11) is 3.09. The molecule has 98 valence electrons. The summed E-state index contributed by atoms with van der Waals surface area (Å²) in [6.45, 7) is 1.93. The molecule has 0 aliphatic heterocycles. The molecule has 5 heteroatoms. The molecule has 1 aromatic carbocycles. The summed E-state index contributed by atoms with van der Waals surface area (Å²) >= 11 is 6.19. The van der Waals surface area contributed by atoms with Crippen molar-refractivity contribution in [3.63, 3.8) is 0 Å². The Morgan fingerprint density at radius 2 is 2.11 bits per heavy atom. The predicted octanol–water partition coefficient (Wildman–Crippen LogP) is 2.51. The van der Waals surface area contributed by atoms with Crippen molar-refractivity contribution in [3.8, 4) is 11.5 Å². The van der Waals surface area contributed by atoms with E-state index in [1.165, 1.54) is 14.0 Å². The van der Waals surface area contributed by atoms with Crippen molar-refractivity contribution >= 4 is 23.6 Å². The fourth-order valence-electron chi connectivity index (χ4n) is 1.42. The third kappa shape index (κ3) is 3.67. The van der Waals surface area contributed by atoms with E-state index in [1.54, 1.807) is 13.2 Å². The van der Waals surface area contributed by atoms with Gasteiger partial charge in [-0.3, -0.25) is 4.79 Å². The van der Waals surface area contributed by atoms with E-state index in [0.29, 0.717) is 23.1 Å². The molecule has 0 fully saturated rings. The summed E-state index contributed by atoms with van der Waals surface area (Å²) in [4.78, 5) is 10.7. The first-order chi connectivity index (χ1) is 8.60. The quantitative estimate of drug-likeness (QED) is 0.893. The number of rotatable bonds is 5. The maximum Gasteiger partial charge on any atom is 0.217 e. The Hall–Kier alpha value is -1.68. The molecule has 0 saturated heterocycles. The highest BCUT2D eigenvalue weighted by atomic mass is 35.5. The molecule has 18 heavy (non-hydrogen) atoms. The summed E-state index contributed by atoms with van der Waals surface area (Å²) < 4.78 is 10.3. The van der Waals surface area contributed by atoms with Crippen LogP contribution < -0.4 is 14.8 Å².